The topological polar surface area (TPSA) is 111 Å². The van der Waals surface area contributed by atoms with Crippen molar-refractivity contribution < 1.29 is 17.9 Å². The van der Waals surface area contributed by atoms with Crippen LogP contribution in [0, 0.1) is 0 Å². The Morgan fingerprint density at radius 2 is 2.10 bits per heavy atom. The molecule has 1 aromatic rings. The maximum absolute atomic E-state index is 11.9. The Morgan fingerprint density at radius 3 is 2.65 bits per heavy atom. The molecule has 112 valence electrons. The van der Waals surface area contributed by atoms with Crippen LogP contribution in [0.1, 0.15) is 17.3 Å². The normalized spacial score (nSPS) is 11.1. The zero-order valence-corrected chi connectivity index (χ0v) is 12.3. The SMILES string of the molecule is CCNS(=O)(=O)CCNC(=O)c1ccc(OC)cc1N. The number of hydrogen-bond acceptors (Lipinski definition) is 5. The first-order valence-electron chi connectivity index (χ1n) is 6.08. The molecule has 8 heteroatoms. The zero-order chi connectivity index (χ0) is 15.2. The molecule has 0 radical (unpaired) electrons. The summed E-state index contributed by atoms with van der Waals surface area (Å²) in [4.78, 5) is 11.9. The predicted molar refractivity (Wildman–Crippen MR) is 77.2 cm³/mol. The van der Waals surface area contributed by atoms with Gasteiger partial charge in [-0.3, -0.25) is 4.79 Å². The molecule has 0 saturated heterocycles. The molecule has 0 atom stereocenters. The summed E-state index contributed by atoms with van der Waals surface area (Å²) in [6, 6.07) is 4.67. The molecule has 0 unspecified atom stereocenters. The van der Waals surface area contributed by atoms with E-state index in [2.05, 4.69) is 10.0 Å². The molecule has 0 aliphatic rings. The lowest BCUT2D eigenvalue weighted by molar-refractivity contribution is 0.0957. The lowest BCUT2D eigenvalue weighted by atomic mass is 10.1. The van der Waals surface area contributed by atoms with Crippen LogP contribution in [0.5, 0.6) is 5.75 Å². The van der Waals surface area contributed by atoms with Crippen LogP contribution in [0.4, 0.5) is 5.69 Å². The minimum atomic E-state index is -3.35. The number of benzene rings is 1. The van der Waals surface area contributed by atoms with Crippen molar-refractivity contribution in [2.45, 2.75) is 6.92 Å². The molecular formula is C12H19N3O4S. The summed E-state index contributed by atoms with van der Waals surface area (Å²) in [7, 11) is -1.85. The smallest absolute Gasteiger partial charge is 0.253 e. The van der Waals surface area contributed by atoms with Gasteiger partial charge in [-0.05, 0) is 12.1 Å². The number of anilines is 1. The number of carbonyl (C=O) groups excluding carboxylic acids is 1. The van der Waals surface area contributed by atoms with Gasteiger partial charge in [0.2, 0.25) is 10.0 Å². The highest BCUT2D eigenvalue weighted by Crippen LogP contribution is 2.19. The quantitative estimate of drug-likeness (QED) is 0.611. The molecule has 1 aromatic carbocycles. The molecule has 1 amide bonds. The summed E-state index contributed by atoms with van der Waals surface area (Å²) < 4.78 is 30.1. The number of nitrogens with two attached hydrogens (primary N) is 1. The van der Waals surface area contributed by atoms with Crippen molar-refractivity contribution in [1.82, 2.24) is 10.0 Å². The van der Waals surface area contributed by atoms with Crippen LogP contribution in [-0.2, 0) is 10.0 Å². The number of amides is 1. The number of rotatable bonds is 7. The van der Waals surface area contributed by atoms with E-state index in [0.717, 1.165) is 0 Å². The molecule has 7 nitrogen and oxygen atoms in total. The first-order chi connectivity index (χ1) is 9.39. The van der Waals surface area contributed by atoms with Crippen LogP contribution < -0.4 is 20.5 Å². The lowest BCUT2D eigenvalue weighted by Crippen LogP contribution is -2.34. The Kier molecular flexibility index (Phi) is 5.78. The van der Waals surface area contributed by atoms with Crippen LogP contribution in [0.25, 0.3) is 0 Å². The van der Waals surface area contributed by atoms with Crippen LogP contribution in [-0.4, -0.2) is 40.3 Å². The lowest BCUT2D eigenvalue weighted by Gasteiger charge is -2.09. The molecule has 0 aromatic heterocycles. The highest BCUT2D eigenvalue weighted by atomic mass is 32.2. The standard InChI is InChI=1S/C12H19N3O4S/c1-3-15-20(17,18)7-6-14-12(16)10-5-4-9(19-2)8-11(10)13/h4-5,8,15H,3,6-7,13H2,1-2H3,(H,14,16). The van der Waals surface area contributed by atoms with Gasteiger partial charge in [0, 0.05) is 24.8 Å². The van der Waals surface area contributed by atoms with Crippen LogP contribution in [0.15, 0.2) is 18.2 Å². The molecule has 0 saturated carbocycles. The molecule has 0 spiro atoms. The number of methoxy groups -OCH3 is 1. The van der Waals surface area contributed by atoms with Gasteiger partial charge in [-0.15, -0.1) is 0 Å². The van der Waals surface area contributed by atoms with Crippen molar-refractivity contribution in [2.75, 3.05) is 31.7 Å². The van der Waals surface area contributed by atoms with Crippen molar-refractivity contribution in [2.24, 2.45) is 0 Å². The van der Waals surface area contributed by atoms with E-state index in [1.54, 1.807) is 13.0 Å². The molecular weight excluding hydrogens is 282 g/mol. The second-order valence-corrected chi connectivity index (χ2v) is 5.95. The van der Waals surface area contributed by atoms with Gasteiger partial charge in [0.15, 0.2) is 0 Å². The number of hydrogen-bond donors (Lipinski definition) is 3. The molecule has 0 aliphatic heterocycles. The molecule has 20 heavy (non-hydrogen) atoms. The first-order valence-corrected chi connectivity index (χ1v) is 7.74. The highest BCUT2D eigenvalue weighted by Gasteiger charge is 2.12. The van der Waals surface area contributed by atoms with Crippen LogP contribution >= 0.6 is 0 Å². The minimum Gasteiger partial charge on any atom is -0.497 e. The van der Waals surface area contributed by atoms with E-state index in [0.29, 0.717) is 12.3 Å². The third-order valence-electron chi connectivity index (χ3n) is 2.52. The maximum atomic E-state index is 11.9. The van der Waals surface area contributed by atoms with Gasteiger partial charge in [-0.1, -0.05) is 6.92 Å². The third kappa shape index (κ3) is 4.71. The fourth-order valence-corrected chi connectivity index (χ4v) is 2.52. The zero-order valence-electron chi connectivity index (χ0n) is 11.5. The van der Waals surface area contributed by atoms with E-state index in [9.17, 15) is 13.2 Å². The molecule has 0 aliphatic carbocycles. The summed E-state index contributed by atoms with van der Waals surface area (Å²) >= 11 is 0. The van der Waals surface area contributed by atoms with Crippen molar-refractivity contribution in [3.05, 3.63) is 23.8 Å². The first kappa shape index (κ1) is 16.3. The van der Waals surface area contributed by atoms with E-state index in [1.165, 1.54) is 19.2 Å². The second-order valence-electron chi connectivity index (χ2n) is 4.03. The Hall–Kier alpha value is -1.80. The molecule has 0 fully saturated rings. The van der Waals surface area contributed by atoms with Crippen LogP contribution in [0.2, 0.25) is 0 Å². The fraction of sp³-hybridized carbons (Fsp3) is 0.417. The van der Waals surface area contributed by atoms with Gasteiger partial charge >= 0.3 is 0 Å². The Morgan fingerprint density at radius 1 is 1.40 bits per heavy atom. The van der Waals surface area contributed by atoms with E-state index in [4.69, 9.17) is 10.5 Å². The van der Waals surface area contributed by atoms with Crippen molar-refractivity contribution in [3.8, 4) is 5.75 Å². The van der Waals surface area contributed by atoms with Crippen LogP contribution in [0.3, 0.4) is 0 Å². The fourth-order valence-electron chi connectivity index (χ4n) is 1.56. The van der Waals surface area contributed by atoms with E-state index >= 15 is 0 Å². The van der Waals surface area contributed by atoms with E-state index in [1.807, 2.05) is 0 Å². The van der Waals surface area contributed by atoms with Gasteiger partial charge in [0.05, 0.1) is 18.4 Å². The number of ether oxygens (including phenoxy) is 1. The van der Waals surface area contributed by atoms with E-state index < -0.39 is 15.9 Å². The second kappa shape index (κ2) is 7.11. The van der Waals surface area contributed by atoms with Crippen molar-refractivity contribution in [3.63, 3.8) is 0 Å². The minimum absolute atomic E-state index is 0.0135. The number of nitrogen functional groups attached to an aromatic ring is 1. The number of nitrogens with one attached hydrogen (secondary N) is 2. The predicted octanol–water partition coefficient (Wildman–Crippen LogP) is -0.0535. The largest absolute Gasteiger partial charge is 0.497 e. The third-order valence-corrected chi connectivity index (χ3v) is 3.99. The van der Waals surface area contributed by atoms with Gasteiger partial charge in [0.1, 0.15) is 5.75 Å². The summed E-state index contributed by atoms with van der Waals surface area (Å²) in [6.07, 6.45) is 0. The average molecular weight is 301 g/mol. The maximum Gasteiger partial charge on any atom is 0.253 e. The molecule has 4 N–H and O–H groups in total. The molecule has 1 rings (SSSR count). The summed E-state index contributed by atoms with van der Waals surface area (Å²) in [6.45, 7) is 2.02. The van der Waals surface area contributed by atoms with Crippen molar-refractivity contribution >= 4 is 21.6 Å². The summed E-state index contributed by atoms with van der Waals surface area (Å²) in [5, 5.41) is 2.51. The Bertz CT molecular complexity index is 572. The molecule has 0 bridgehead atoms. The van der Waals surface area contributed by atoms with E-state index in [-0.39, 0.29) is 23.5 Å². The van der Waals surface area contributed by atoms with Gasteiger partial charge in [-0.2, -0.15) is 0 Å². The Labute approximate surface area is 118 Å². The van der Waals surface area contributed by atoms with Gasteiger partial charge < -0.3 is 15.8 Å². The number of sulfonamides is 1. The van der Waals surface area contributed by atoms with Crippen molar-refractivity contribution in [1.29, 1.82) is 0 Å². The Balaban J connectivity index is 2.60. The average Bonchev–Trinajstić information content (AvgIpc) is 2.37. The summed E-state index contributed by atoms with van der Waals surface area (Å²) in [5.41, 5.74) is 6.29. The van der Waals surface area contributed by atoms with Gasteiger partial charge in [-0.25, -0.2) is 13.1 Å². The molecule has 0 heterocycles. The monoisotopic (exact) mass is 301 g/mol. The summed E-state index contributed by atoms with van der Waals surface area (Å²) in [5.74, 6) is -0.0477. The highest BCUT2D eigenvalue weighted by molar-refractivity contribution is 7.89. The van der Waals surface area contributed by atoms with Gasteiger partial charge in [0.25, 0.3) is 5.91 Å². The number of carbonyl (C=O) groups is 1.